The van der Waals surface area contributed by atoms with Crippen LogP contribution in [0.5, 0.6) is 0 Å². The van der Waals surface area contributed by atoms with Crippen LogP contribution < -0.4 is 5.32 Å². The molecule has 6 heteroatoms. The molecule has 0 aromatic heterocycles. The molecule has 1 aliphatic heterocycles. The lowest BCUT2D eigenvalue weighted by atomic mass is 9.95. The molecule has 1 rings (SSSR count). The summed E-state index contributed by atoms with van der Waals surface area (Å²) in [6, 6.07) is 0. The van der Waals surface area contributed by atoms with Crippen LogP contribution in [0.4, 0.5) is 0 Å². The van der Waals surface area contributed by atoms with E-state index in [1.165, 1.54) is 0 Å². The average molecular weight is 221 g/mol. The van der Waals surface area contributed by atoms with Crippen molar-refractivity contribution in [1.82, 2.24) is 5.32 Å². The summed E-state index contributed by atoms with van der Waals surface area (Å²) in [4.78, 5) is 11.0. The Morgan fingerprint density at radius 1 is 1.57 bits per heavy atom. The Hall–Kier alpha value is -0.620. The van der Waals surface area contributed by atoms with E-state index in [4.69, 9.17) is 5.11 Å². The van der Waals surface area contributed by atoms with Crippen molar-refractivity contribution in [3.8, 4) is 0 Å². The van der Waals surface area contributed by atoms with E-state index >= 15 is 0 Å². The molecule has 0 spiro atoms. The van der Waals surface area contributed by atoms with Gasteiger partial charge < -0.3 is 10.4 Å². The van der Waals surface area contributed by atoms with Crippen molar-refractivity contribution in [2.24, 2.45) is 0 Å². The molecular formula is C8H15NO4S. The van der Waals surface area contributed by atoms with Gasteiger partial charge in [0.2, 0.25) is 0 Å². The number of sulfone groups is 1. The number of nitrogens with one attached hydrogen (secondary N) is 1. The smallest absolute Gasteiger partial charge is 0.323 e. The first-order valence-corrected chi connectivity index (χ1v) is 6.58. The maximum atomic E-state index is 11.0. The van der Waals surface area contributed by atoms with E-state index in [2.05, 4.69) is 5.32 Å². The summed E-state index contributed by atoms with van der Waals surface area (Å²) >= 11 is 0. The van der Waals surface area contributed by atoms with Gasteiger partial charge in [0.25, 0.3) is 0 Å². The number of carboxylic acids is 1. The lowest BCUT2D eigenvalue weighted by Crippen LogP contribution is -2.48. The summed E-state index contributed by atoms with van der Waals surface area (Å²) in [6.07, 6.45) is 2.58. The summed E-state index contributed by atoms with van der Waals surface area (Å²) in [5.41, 5.74) is -1.01. The standard InChI is InChI=1S/C8H15NO4S/c1-14(12,13)6-4-8(7(10)11)3-2-5-9-8/h9H,2-6H2,1H3,(H,10,11). The molecule has 0 aliphatic carbocycles. The van der Waals surface area contributed by atoms with Crippen molar-refractivity contribution in [1.29, 1.82) is 0 Å². The largest absolute Gasteiger partial charge is 0.480 e. The van der Waals surface area contributed by atoms with Crippen LogP contribution in [-0.4, -0.2) is 43.6 Å². The summed E-state index contributed by atoms with van der Waals surface area (Å²) in [6.45, 7) is 0.649. The quantitative estimate of drug-likeness (QED) is 0.676. The van der Waals surface area contributed by atoms with Crippen molar-refractivity contribution < 1.29 is 18.3 Å². The second-order valence-electron chi connectivity index (χ2n) is 3.80. The van der Waals surface area contributed by atoms with Gasteiger partial charge in [-0.1, -0.05) is 0 Å². The fourth-order valence-corrected chi connectivity index (χ4v) is 2.39. The maximum absolute atomic E-state index is 11.0. The summed E-state index contributed by atoms with van der Waals surface area (Å²) in [7, 11) is -3.09. The molecule has 1 atom stereocenters. The molecule has 0 amide bonds. The molecule has 1 saturated heterocycles. The molecule has 0 aromatic carbocycles. The minimum Gasteiger partial charge on any atom is -0.480 e. The molecule has 5 nitrogen and oxygen atoms in total. The number of carbonyl (C=O) groups is 1. The van der Waals surface area contributed by atoms with Crippen LogP contribution in [0.1, 0.15) is 19.3 Å². The highest BCUT2D eigenvalue weighted by Crippen LogP contribution is 2.23. The molecule has 1 heterocycles. The first-order chi connectivity index (χ1) is 6.36. The molecule has 1 aliphatic rings. The number of carboxylic acid groups (broad SMARTS) is 1. The van der Waals surface area contributed by atoms with Gasteiger partial charge in [-0.25, -0.2) is 8.42 Å². The third-order valence-corrected chi connectivity index (χ3v) is 3.50. The lowest BCUT2D eigenvalue weighted by molar-refractivity contribution is -0.144. The topological polar surface area (TPSA) is 83.5 Å². The Bertz CT molecular complexity index is 316. The summed E-state index contributed by atoms with van der Waals surface area (Å²) in [5.74, 6) is -1.02. The molecule has 14 heavy (non-hydrogen) atoms. The first kappa shape index (κ1) is 11.5. The van der Waals surface area contributed by atoms with E-state index in [1.54, 1.807) is 0 Å². The van der Waals surface area contributed by atoms with Crippen molar-refractivity contribution in [3.05, 3.63) is 0 Å². The molecule has 82 valence electrons. The van der Waals surface area contributed by atoms with Crippen molar-refractivity contribution in [2.75, 3.05) is 18.6 Å². The zero-order valence-electron chi connectivity index (χ0n) is 8.12. The SMILES string of the molecule is CS(=O)(=O)CCC1(C(=O)O)CCCN1. The summed E-state index contributed by atoms with van der Waals surface area (Å²) in [5, 5.41) is 11.9. The molecule has 0 bridgehead atoms. The average Bonchev–Trinajstić information content (AvgIpc) is 2.48. The van der Waals surface area contributed by atoms with E-state index in [-0.39, 0.29) is 12.2 Å². The molecule has 1 unspecified atom stereocenters. The summed E-state index contributed by atoms with van der Waals surface area (Å²) < 4.78 is 21.9. The Kier molecular flexibility index (Phi) is 3.16. The van der Waals surface area contributed by atoms with Crippen LogP contribution in [0, 0.1) is 0 Å². The fourth-order valence-electron chi connectivity index (χ4n) is 1.67. The molecule has 2 N–H and O–H groups in total. The van der Waals surface area contributed by atoms with Crippen LogP contribution >= 0.6 is 0 Å². The molecule has 0 saturated carbocycles. The van der Waals surface area contributed by atoms with Crippen LogP contribution in [0.15, 0.2) is 0 Å². The van der Waals surface area contributed by atoms with Gasteiger partial charge in [0.15, 0.2) is 0 Å². The van der Waals surface area contributed by atoms with Gasteiger partial charge >= 0.3 is 5.97 Å². The minimum absolute atomic E-state index is 0.0771. The van der Waals surface area contributed by atoms with E-state index in [0.717, 1.165) is 12.7 Å². The monoisotopic (exact) mass is 221 g/mol. The Balaban J connectivity index is 2.66. The van der Waals surface area contributed by atoms with Gasteiger partial charge in [-0.3, -0.25) is 4.79 Å². The van der Waals surface area contributed by atoms with Crippen LogP contribution in [0.2, 0.25) is 0 Å². The highest BCUT2D eigenvalue weighted by Gasteiger charge is 2.41. The van der Waals surface area contributed by atoms with Gasteiger partial charge in [-0.05, 0) is 25.8 Å². The van der Waals surface area contributed by atoms with E-state index in [9.17, 15) is 13.2 Å². The van der Waals surface area contributed by atoms with Crippen molar-refractivity contribution in [2.45, 2.75) is 24.8 Å². The second kappa shape index (κ2) is 3.86. The third kappa shape index (κ3) is 2.68. The molecule has 0 radical (unpaired) electrons. The highest BCUT2D eigenvalue weighted by atomic mass is 32.2. The van der Waals surface area contributed by atoms with Gasteiger partial charge in [-0.2, -0.15) is 0 Å². The molecule has 1 fully saturated rings. The zero-order valence-corrected chi connectivity index (χ0v) is 8.93. The van der Waals surface area contributed by atoms with E-state index < -0.39 is 21.3 Å². The number of hydrogen-bond acceptors (Lipinski definition) is 4. The zero-order chi connectivity index (χ0) is 10.8. The first-order valence-electron chi connectivity index (χ1n) is 4.52. The maximum Gasteiger partial charge on any atom is 0.323 e. The fraction of sp³-hybridized carbons (Fsp3) is 0.875. The molecule has 0 aromatic rings. The highest BCUT2D eigenvalue weighted by molar-refractivity contribution is 7.90. The second-order valence-corrected chi connectivity index (χ2v) is 6.06. The number of hydrogen-bond donors (Lipinski definition) is 2. The predicted molar refractivity (Wildman–Crippen MR) is 51.9 cm³/mol. The lowest BCUT2D eigenvalue weighted by Gasteiger charge is -2.23. The van der Waals surface area contributed by atoms with Gasteiger partial charge in [0, 0.05) is 6.26 Å². The van der Waals surface area contributed by atoms with Crippen LogP contribution in [-0.2, 0) is 14.6 Å². The van der Waals surface area contributed by atoms with Crippen molar-refractivity contribution in [3.63, 3.8) is 0 Å². The number of aliphatic carboxylic acids is 1. The van der Waals surface area contributed by atoms with E-state index in [1.807, 2.05) is 0 Å². The minimum atomic E-state index is -3.09. The van der Waals surface area contributed by atoms with Crippen LogP contribution in [0.25, 0.3) is 0 Å². The Labute approximate surface area is 83.4 Å². The van der Waals surface area contributed by atoms with Crippen LogP contribution in [0.3, 0.4) is 0 Å². The van der Waals surface area contributed by atoms with E-state index in [0.29, 0.717) is 13.0 Å². The third-order valence-electron chi connectivity index (χ3n) is 2.55. The molecular weight excluding hydrogens is 206 g/mol. The van der Waals surface area contributed by atoms with Gasteiger partial charge in [-0.15, -0.1) is 0 Å². The van der Waals surface area contributed by atoms with Gasteiger partial charge in [0.1, 0.15) is 15.4 Å². The normalized spacial score (nSPS) is 27.8. The Morgan fingerprint density at radius 3 is 2.57 bits per heavy atom. The van der Waals surface area contributed by atoms with Gasteiger partial charge in [0.05, 0.1) is 5.75 Å². The van der Waals surface area contributed by atoms with Crippen molar-refractivity contribution >= 4 is 15.8 Å². The Morgan fingerprint density at radius 2 is 2.21 bits per heavy atom. The number of rotatable bonds is 4. The predicted octanol–water partition coefficient (Wildman–Crippen LogP) is -0.372.